The number of anilines is 1. The molecule has 8 nitrogen and oxygen atoms in total. The highest BCUT2D eigenvalue weighted by molar-refractivity contribution is 6.04. The fraction of sp³-hybridized carbons (Fsp3) is 0.318. The van der Waals surface area contributed by atoms with Gasteiger partial charge in [0.15, 0.2) is 0 Å². The number of hydrogen-bond acceptors (Lipinski definition) is 4. The Morgan fingerprint density at radius 1 is 0.933 bits per heavy atom. The number of benzene rings is 2. The van der Waals surface area contributed by atoms with E-state index in [1.54, 1.807) is 12.1 Å². The zero-order chi connectivity index (χ0) is 21.4. The van der Waals surface area contributed by atoms with E-state index in [2.05, 4.69) is 16.2 Å². The van der Waals surface area contributed by atoms with Crippen LogP contribution in [0.2, 0.25) is 0 Å². The van der Waals surface area contributed by atoms with Crippen molar-refractivity contribution in [3.8, 4) is 0 Å². The van der Waals surface area contributed by atoms with E-state index in [4.69, 9.17) is 5.73 Å². The van der Waals surface area contributed by atoms with Crippen LogP contribution >= 0.6 is 0 Å². The minimum atomic E-state index is -1.05. The molecule has 3 rings (SSSR count). The van der Waals surface area contributed by atoms with Crippen molar-refractivity contribution >= 4 is 23.5 Å². The predicted octanol–water partition coefficient (Wildman–Crippen LogP) is 1.82. The average Bonchev–Trinajstić information content (AvgIpc) is 3.25. The maximum atomic E-state index is 13.1. The zero-order valence-electron chi connectivity index (χ0n) is 16.8. The van der Waals surface area contributed by atoms with Gasteiger partial charge in [-0.15, -0.1) is 0 Å². The lowest BCUT2D eigenvalue weighted by Gasteiger charge is -2.39. The number of carbonyl (C=O) groups is 3. The van der Waals surface area contributed by atoms with E-state index in [9.17, 15) is 14.4 Å². The largest absolute Gasteiger partial charge is 0.368 e. The number of nitrogens with two attached hydrogens (primary N) is 1. The molecular weight excluding hydrogens is 382 g/mol. The van der Waals surface area contributed by atoms with Crippen molar-refractivity contribution in [2.24, 2.45) is 5.73 Å². The number of para-hydroxylation sites is 1. The Morgan fingerprint density at radius 2 is 1.53 bits per heavy atom. The van der Waals surface area contributed by atoms with Crippen molar-refractivity contribution in [2.45, 2.75) is 37.8 Å². The summed E-state index contributed by atoms with van der Waals surface area (Å²) in [6, 6.07) is 18.0. The number of amides is 4. The molecule has 2 aromatic rings. The molecule has 0 bridgehead atoms. The summed E-state index contributed by atoms with van der Waals surface area (Å²) in [6.45, 7) is 0.186. The van der Waals surface area contributed by atoms with Crippen LogP contribution in [0.1, 0.15) is 31.2 Å². The van der Waals surface area contributed by atoms with Crippen molar-refractivity contribution in [2.75, 3.05) is 11.4 Å². The molecule has 30 heavy (non-hydrogen) atoms. The fourth-order valence-electron chi connectivity index (χ4n) is 3.85. The Balaban J connectivity index is 1.61. The molecule has 1 saturated carbocycles. The Kier molecular flexibility index (Phi) is 7.03. The summed E-state index contributed by atoms with van der Waals surface area (Å²) in [6.07, 6.45) is 2.70. The molecule has 1 aliphatic rings. The summed E-state index contributed by atoms with van der Waals surface area (Å²) in [7, 11) is 0. The summed E-state index contributed by atoms with van der Waals surface area (Å²) in [4.78, 5) is 38.9. The zero-order valence-corrected chi connectivity index (χ0v) is 16.8. The third-order valence-corrected chi connectivity index (χ3v) is 5.32. The number of carbonyl (C=O) groups excluding carboxylic acids is 3. The van der Waals surface area contributed by atoms with Crippen molar-refractivity contribution in [3.63, 3.8) is 0 Å². The van der Waals surface area contributed by atoms with Crippen LogP contribution in [-0.4, -0.2) is 29.9 Å². The first-order valence-corrected chi connectivity index (χ1v) is 10.0. The number of urea groups is 1. The van der Waals surface area contributed by atoms with Crippen molar-refractivity contribution < 1.29 is 14.4 Å². The van der Waals surface area contributed by atoms with Crippen molar-refractivity contribution in [1.82, 2.24) is 16.2 Å². The van der Waals surface area contributed by atoms with E-state index in [0.29, 0.717) is 25.1 Å². The molecule has 0 aliphatic heterocycles. The monoisotopic (exact) mass is 409 g/mol. The smallest absolute Gasteiger partial charge is 0.329 e. The molecule has 8 heteroatoms. The SMILES string of the molecule is NC(=O)C1(N(C(=O)CNNC(=O)NCc2ccccc2)c2ccccc2)CCCC1. The molecule has 0 saturated heterocycles. The Hall–Kier alpha value is -3.39. The van der Waals surface area contributed by atoms with E-state index in [-0.39, 0.29) is 12.5 Å². The molecule has 158 valence electrons. The first-order valence-electron chi connectivity index (χ1n) is 10.0. The molecule has 5 N–H and O–H groups in total. The molecule has 1 aliphatic carbocycles. The molecule has 1 fully saturated rings. The third-order valence-electron chi connectivity index (χ3n) is 5.32. The van der Waals surface area contributed by atoms with Crippen LogP contribution in [0.25, 0.3) is 0 Å². The summed E-state index contributed by atoms with van der Waals surface area (Å²) in [5, 5.41) is 2.70. The lowest BCUT2D eigenvalue weighted by atomic mass is 9.93. The van der Waals surface area contributed by atoms with Crippen LogP contribution in [0.15, 0.2) is 60.7 Å². The highest BCUT2D eigenvalue weighted by Crippen LogP contribution is 2.38. The van der Waals surface area contributed by atoms with Crippen LogP contribution in [0, 0.1) is 0 Å². The van der Waals surface area contributed by atoms with Gasteiger partial charge in [-0.2, -0.15) is 0 Å². The number of nitrogens with zero attached hydrogens (tertiary/aromatic N) is 1. The first-order chi connectivity index (χ1) is 14.5. The van der Waals surface area contributed by atoms with Crippen molar-refractivity contribution in [3.05, 3.63) is 66.2 Å². The maximum Gasteiger partial charge on any atom is 0.329 e. The Bertz CT molecular complexity index is 867. The molecule has 0 radical (unpaired) electrons. The van der Waals surface area contributed by atoms with Crippen LogP contribution < -0.4 is 26.8 Å². The van der Waals surface area contributed by atoms with E-state index in [1.165, 1.54) is 4.90 Å². The van der Waals surface area contributed by atoms with Gasteiger partial charge < -0.3 is 11.1 Å². The fourth-order valence-corrected chi connectivity index (χ4v) is 3.85. The van der Waals surface area contributed by atoms with E-state index < -0.39 is 17.5 Å². The van der Waals surface area contributed by atoms with Crippen LogP contribution in [0.3, 0.4) is 0 Å². The second-order valence-corrected chi connectivity index (χ2v) is 7.31. The maximum absolute atomic E-state index is 13.1. The molecule has 0 spiro atoms. The minimum absolute atomic E-state index is 0.178. The molecular formula is C22H27N5O3. The van der Waals surface area contributed by atoms with Gasteiger partial charge in [0.1, 0.15) is 5.54 Å². The van der Waals surface area contributed by atoms with Crippen molar-refractivity contribution in [1.29, 1.82) is 0 Å². The lowest BCUT2D eigenvalue weighted by Crippen LogP contribution is -2.61. The van der Waals surface area contributed by atoms with Gasteiger partial charge in [0.05, 0.1) is 6.54 Å². The van der Waals surface area contributed by atoms with Crippen LogP contribution in [0.5, 0.6) is 0 Å². The highest BCUT2D eigenvalue weighted by Gasteiger charge is 2.47. The summed E-state index contributed by atoms with van der Waals surface area (Å²) < 4.78 is 0. The van der Waals surface area contributed by atoms with Gasteiger partial charge in [-0.05, 0) is 30.5 Å². The molecule has 0 heterocycles. The third kappa shape index (κ3) is 4.96. The number of nitrogens with one attached hydrogen (secondary N) is 3. The summed E-state index contributed by atoms with van der Waals surface area (Å²) in [5.41, 5.74) is 11.4. The molecule has 0 atom stereocenters. The number of hydrogen-bond donors (Lipinski definition) is 4. The quantitative estimate of drug-likeness (QED) is 0.498. The normalized spacial score (nSPS) is 14.7. The second-order valence-electron chi connectivity index (χ2n) is 7.31. The average molecular weight is 409 g/mol. The van der Waals surface area contributed by atoms with Gasteiger partial charge in [0.2, 0.25) is 11.8 Å². The van der Waals surface area contributed by atoms with E-state index in [0.717, 1.165) is 18.4 Å². The number of hydrazine groups is 1. The van der Waals surface area contributed by atoms with E-state index >= 15 is 0 Å². The second kappa shape index (κ2) is 9.89. The van der Waals surface area contributed by atoms with Crippen LogP contribution in [0.4, 0.5) is 10.5 Å². The number of primary amides is 1. The standard InChI is InChI=1S/C22H27N5O3/c23-20(29)22(13-7-8-14-22)27(18-11-5-2-6-12-18)19(28)16-25-26-21(30)24-15-17-9-3-1-4-10-17/h1-6,9-12,25H,7-8,13-16H2,(H2,23,29)(H2,24,26,30). The Labute approximate surface area is 175 Å². The summed E-state index contributed by atoms with van der Waals surface area (Å²) >= 11 is 0. The highest BCUT2D eigenvalue weighted by atomic mass is 16.2. The number of rotatable bonds is 8. The minimum Gasteiger partial charge on any atom is -0.368 e. The molecule has 2 aromatic carbocycles. The first kappa shape index (κ1) is 21.3. The van der Waals surface area contributed by atoms with Gasteiger partial charge in [0, 0.05) is 12.2 Å². The Morgan fingerprint density at radius 3 is 2.13 bits per heavy atom. The van der Waals surface area contributed by atoms with Gasteiger partial charge >= 0.3 is 6.03 Å². The molecule has 4 amide bonds. The predicted molar refractivity (Wildman–Crippen MR) is 114 cm³/mol. The van der Waals surface area contributed by atoms with Gasteiger partial charge in [-0.25, -0.2) is 10.2 Å². The van der Waals surface area contributed by atoms with Gasteiger partial charge in [-0.1, -0.05) is 61.4 Å². The van der Waals surface area contributed by atoms with Gasteiger partial charge in [-0.3, -0.25) is 19.9 Å². The molecule has 0 unspecified atom stereocenters. The molecule has 0 aromatic heterocycles. The lowest BCUT2D eigenvalue weighted by molar-refractivity contribution is -0.128. The summed E-state index contributed by atoms with van der Waals surface area (Å²) in [5.74, 6) is -0.851. The van der Waals surface area contributed by atoms with E-state index in [1.807, 2.05) is 48.5 Å². The van der Waals surface area contributed by atoms with Crippen LogP contribution in [-0.2, 0) is 16.1 Å². The van der Waals surface area contributed by atoms with Gasteiger partial charge in [0.25, 0.3) is 0 Å². The topological polar surface area (TPSA) is 117 Å².